The topological polar surface area (TPSA) is 44.1 Å². The Kier molecular flexibility index (Phi) is 7.13. The monoisotopic (exact) mass is 466 g/mol. The van der Waals surface area contributed by atoms with Gasteiger partial charge in [0, 0.05) is 17.1 Å². The molecule has 0 unspecified atom stereocenters. The molecule has 4 nitrogen and oxygen atoms in total. The molecule has 1 heterocycles. The minimum Gasteiger partial charge on any atom is -0.492 e. The molecular weight excluding hydrogens is 443 g/mol. The fraction of sp³-hybridized carbons (Fsp3) is 0.231. The van der Waals surface area contributed by atoms with Crippen LogP contribution in [0.5, 0.6) is 5.75 Å². The Morgan fingerprint density at radius 1 is 0.938 bits per heavy atom. The average molecular weight is 467 g/mol. The first-order chi connectivity index (χ1) is 15.5. The number of para-hydroxylation sites is 1. The van der Waals surface area contributed by atoms with Gasteiger partial charge in [-0.3, -0.25) is 9.36 Å². The molecule has 0 aliphatic heterocycles. The molecule has 4 rings (SSSR count). The van der Waals surface area contributed by atoms with Gasteiger partial charge >= 0.3 is 0 Å². The van der Waals surface area contributed by atoms with E-state index in [0.717, 1.165) is 30.4 Å². The highest BCUT2D eigenvalue weighted by Gasteiger charge is 2.12. The van der Waals surface area contributed by atoms with Crippen molar-refractivity contribution < 1.29 is 4.74 Å². The number of rotatable bonds is 8. The summed E-state index contributed by atoms with van der Waals surface area (Å²) in [5, 5.41) is 1.91. The summed E-state index contributed by atoms with van der Waals surface area (Å²) in [7, 11) is 0. The summed E-state index contributed by atoms with van der Waals surface area (Å²) < 4.78 is 7.57. The SMILES string of the molecule is Cc1ccc(OCCCCCn2c(-c3ccc(Cl)cc3)nc3ccccc3c2=O)c(Cl)c1. The number of fused-ring (bicyclic) bond motifs is 1. The number of ether oxygens (including phenoxy) is 1. The number of benzene rings is 3. The van der Waals surface area contributed by atoms with E-state index in [1.807, 2.05) is 73.7 Å². The average Bonchev–Trinajstić information content (AvgIpc) is 2.79. The van der Waals surface area contributed by atoms with E-state index in [-0.39, 0.29) is 5.56 Å². The van der Waals surface area contributed by atoms with Gasteiger partial charge in [-0.2, -0.15) is 0 Å². The Morgan fingerprint density at radius 2 is 1.72 bits per heavy atom. The van der Waals surface area contributed by atoms with Crippen LogP contribution in [-0.2, 0) is 6.54 Å². The predicted octanol–water partition coefficient (Wildman–Crippen LogP) is 6.93. The number of nitrogens with zero attached hydrogens (tertiary/aromatic N) is 2. The molecule has 0 spiro atoms. The summed E-state index contributed by atoms with van der Waals surface area (Å²) in [4.78, 5) is 18.0. The molecule has 0 radical (unpaired) electrons. The van der Waals surface area contributed by atoms with E-state index < -0.39 is 0 Å². The van der Waals surface area contributed by atoms with E-state index in [2.05, 4.69) is 0 Å². The molecule has 4 aromatic rings. The number of halogens is 2. The first-order valence-electron chi connectivity index (χ1n) is 10.7. The molecule has 32 heavy (non-hydrogen) atoms. The van der Waals surface area contributed by atoms with Crippen molar-refractivity contribution in [1.82, 2.24) is 9.55 Å². The summed E-state index contributed by atoms with van der Waals surface area (Å²) >= 11 is 12.3. The van der Waals surface area contributed by atoms with Gasteiger partial charge in [0.1, 0.15) is 11.6 Å². The van der Waals surface area contributed by atoms with Crippen LogP contribution in [0.1, 0.15) is 24.8 Å². The quantitative estimate of drug-likeness (QED) is 0.264. The Hall–Kier alpha value is -2.82. The first kappa shape index (κ1) is 22.4. The van der Waals surface area contributed by atoms with Crippen LogP contribution in [0.25, 0.3) is 22.3 Å². The Balaban J connectivity index is 1.46. The van der Waals surface area contributed by atoms with Gasteiger partial charge in [0.25, 0.3) is 5.56 Å². The first-order valence-corrected chi connectivity index (χ1v) is 11.4. The van der Waals surface area contributed by atoms with Crippen LogP contribution in [0.4, 0.5) is 0 Å². The van der Waals surface area contributed by atoms with Gasteiger partial charge in [-0.15, -0.1) is 0 Å². The number of hydrogen-bond donors (Lipinski definition) is 0. The molecule has 164 valence electrons. The van der Waals surface area contributed by atoms with Crippen LogP contribution in [0.15, 0.2) is 71.5 Å². The number of hydrogen-bond acceptors (Lipinski definition) is 3. The Labute approximate surface area is 197 Å². The van der Waals surface area contributed by atoms with Gasteiger partial charge < -0.3 is 4.74 Å². The molecule has 0 saturated carbocycles. The maximum absolute atomic E-state index is 13.2. The van der Waals surface area contributed by atoms with E-state index in [9.17, 15) is 4.79 Å². The highest BCUT2D eigenvalue weighted by atomic mass is 35.5. The largest absolute Gasteiger partial charge is 0.492 e. The molecule has 3 aromatic carbocycles. The maximum Gasteiger partial charge on any atom is 0.261 e. The lowest BCUT2D eigenvalue weighted by Crippen LogP contribution is -2.23. The van der Waals surface area contributed by atoms with Crippen LogP contribution in [0.3, 0.4) is 0 Å². The lowest BCUT2D eigenvalue weighted by molar-refractivity contribution is 0.304. The fourth-order valence-electron chi connectivity index (χ4n) is 3.65. The van der Waals surface area contributed by atoms with Crippen LogP contribution in [0.2, 0.25) is 10.0 Å². The molecule has 0 bridgehead atoms. The van der Waals surface area contributed by atoms with Gasteiger partial charge in [0.15, 0.2) is 0 Å². The summed E-state index contributed by atoms with van der Waals surface area (Å²) in [6.45, 7) is 3.16. The van der Waals surface area contributed by atoms with Crippen molar-refractivity contribution in [2.75, 3.05) is 6.61 Å². The summed E-state index contributed by atoms with van der Waals surface area (Å²) in [6, 6.07) is 20.7. The van der Waals surface area contributed by atoms with Crippen molar-refractivity contribution in [3.8, 4) is 17.1 Å². The number of aromatic nitrogens is 2. The highest BCUT2D eigenvalue weighted by molar-refractivity contribution is 6.32. The third kappa shape index (κ3) is 5.14. The van der Waals surface area contributed by atoms with Crippen LogP contribution in [0, 0.1) is 6.92 Å². The van der Waals surface area contributed by atoms with Gasteiger partial charge in [-0.1, -0.05) is 41.4 Å². The Bertz CT molecular complexity index is 1280. The normalized spacial score (nSPS) is 11.1. The van der Waals surface area contributed by atoms with Gasteiger partial charge in [0.05, 0.1) is 22.5 Å². The molecular formula is C26H24Cl2N2O2. The van der Waals surface area contributed by atoms with Crippen LogP contribution in [-0.4, -0.2) is 16.2 Å². The van der Waals surface area contributed by atoms with Crippen LogP contribution < -0.4 is 10.3 Å². The molecule has 0 amide bonds. The van der Waals surface area contributed by atoms with Crippen molar-refractivity contribution in [3.05, 3.63) is 92.7 Å². The van der Waals surface area contributed by atoms with E-state index in [0.29, 0.717) is 45.7 Å². The second-order valence-electron chi connectivity index (χ2n) is 7.76. The van der Waals surface area contributed by atoms with Gasteiger partial charge in [-0.25, -0.2) is 4.98 Å². The summed E-state index contributed by atoms with van der Waals surface area (Å²) in [5.41, 5.74) is 2.65. The van der Waals surface area contributed by atoms with E-state index >= 15 is 0 Å². The molecule has 0 fully saturated rings. The van der Waals surface area contributed by atoms with Crippen LogP contribution >= 0.6 is 23.2 Å². The zero-order valence-corrected chi connectivity index (χ0v) is 19.4. The number of unbranched alkanes of at least 4 members (excludes halogenated alkanes) is 2. The highest BCUT2D eigenvalue weighted by Crippen LogP contribution is 2.25. The van der Waals surface area contributed by atoms with E-state index in [4.69, 9.17) is 32.9 Å². The van der Waals surface area contributed by atoms with E-state index in [1.165, 1.54) is 0 Å². The van der Waals surface area contributed by atoms with Crippen molar-refractivity contribution >= 4 is 34.1 Å². The Morgan fingerprint density at radius 3 is 2.50 bits per heavy atom. The second kappa shape index (κ2) is 10.2. The molecule has 0 aliphatic carbocycles. The van der Waals surface area contributed by atoms with Crippen molar-refractivity contribution in [2.45, 2.75) is 32.7 Å². The zero-order valence-electron chi connectivity index (χ0n) is 17.9. The van der Waals surface area contributed by atoms with Crippen molar-refractivity contribution in [2.24, 2.45) is 0 Å². The number of aryl methyl sites for hydroxylation is 1. The standard InChI is InChI=1S/C26H24Cl2N2O2/c1-18-9-14-24(22(28)17-18)32-16-6-2-5-15-30-25(19-10-12-20(27)13-11-19)29-23-8-4-3-7-21(23)26(30)31/h3-4,7-14,17H,2,5-6,15-16H2,1H3. The maximum atomic E-state index is 13.2. The molecule has 0 N–H and O–H groups in total. The van der Waals surface area contributed by atoms with Crippen molar-refractivity contribution in [1.29, 1.82) is 0 Å². The summed E-state index contributed by atoms with van der Waals surface area (Å²) in [6.07, 6.45) is 2.63. The minimum absolute atomic E-state index is 0.0248. The molecule has 6 heteroatoms. The lowest BCUT2D eigenvalue weighted by Gasteiger charge is -2.14. The third-order valence-corrected chi connectivity index (χ3v) is 5.88. The predicted molar refractivity (Wildman–Crippen MR) is 132 cm³/mol. The molecule has 0 atom stereocenters. The third-order valence-electron chi connectivity index (χ3n) is 5.34. The van der Waals surface area contributed by atoms with E-state index in [1.54, 1.807) is 4.57 Å². The fourth-order valence-corrected chi connectivity index (χ4v) is 4.06. The zero-order chi connectivity index (χ0) is 22.5. The lowest BCUT2D eigenvalue weighted by atomic mass is 10.1. The molecule has 0 saturated heterocycles. The second-order valence-corrected chi connectivity index (χ2v) is 8.60. The van der Waals surface area contributed by atoms with Crippen molar-refractivity contribution in [3.63, 3.8) is 0 Å². The molecule has 0 aliphatic rings. The van der Waals surface area contributed by atoms with Gasteiger partial charge in [0.2, 0.25) is 0 Å². The van der Waals surface area contributed by atoms with Gasteiger partial charge in [-0.05, 0) is 80.3 Å². The smallest absolute Gasteiger partial charge is 0.261 e. The molecule has 1 aromatic heterocycles. The summed E-state index contributed by atoms with van der Waals surface area (Å²) in [5.74, 6) is 1.37. The minimum atomic E-state index is -0.0248.